The van der Waals surface area contributed by atoms with Gasteiger partial charge in [0.25, 0.3) is 0 Å². The van der Waals surface area contributed by atoms with Gasteiger partial charge >= 0.3 is 254 Å². The van der Waals surface area contributed by atoms with Crippen molar-refractivity contribution in [1.82, 2.24) is 19.9 Å². The number of hydrogen-bond acceptors (Lipinski definition) is 4. The molecule has 5 heteroatoms. The maximum atomic E-state index is 5.28. The van der Waals surface area contributed by atoms with Gasteiger partial charge in [-0.25, -0.2) is 0 Å². The number of hydrogen-bond donors (Lipinski definition) is 0. The molecule has 0 N–H and O–H groups in total. The van der Waals surface area contributed by atoms with E-state index in [9.17, 15) is 0 Å². The van der Waals surface area contributed by atoms with Crippen LogP contribution in [-0.2, 0) is 0 Å². The Morgan fingerprint density at radius 2 is 0.744 bits per heavy atom. The van der Waals surface area contributed by atoms with Crippen molar-refractivity contribution < 1.29 is 0 Å². The second-order valence-corrected chi connectivity index (χ2v) is 16.3. The number of benzene rings is 2. The van der Waals surface area contributed by atoms with Crippen molar-refractivity contribution in [1.29, 1.82) is 0 Å². The number of rotatable bonds is 6. The minimum atomic E-state index is -2.82. The van der Waals surface area contributed by atoms with Crippen LogP contribution in [0.15, 0.2) is 146 Å². The Morgan fingerprint density at radius 3 is 1.14 bits per heavy atom. The molecule has 208 valence electrons. The molecule has 0 unspecified atom stereocenters. The van der Waals surface area contributed by atoms with Crippen molar-refractivity contribution >= 4 is 29.6 Å². The topological polar surface area (TPSA) is 51.6 Å². The van der Waals surface area contributed by atoms with Crippen LogP contribution in [0.4, 0.5) is 0 Å². The molecular formula is C38H31N4Si-. The molecule has 5 heterocycles. The predicted octanol–water partition coefficient (Wildman–Crippen LogP) is 8.66. The van der Waals surface area contributed by atoms with Gasteiger partial charge in [-0.3, -0.25) is 0 Å². The second kappa shape index (κ2) is 11.2. The Hall–Kier alpha value is -5.26. The van der Waals surface area contributed by atoms with Gasteiger partial charge in [0, 0.05) is 0 Å². The van der Waals surface area contributed by atoms with E-state index in [1.807, 2.05) is 60.9 Å². The normalized spacial score (nSPS) is 15.0. The van der Waals surface area contributed by atoms with E-state index in [2.05, 4.69) is 108 Å². The van der Waals surface area contributed by atoms with Crippen LogP contribution in [0.2, 0.25) is 13.1 Å². The first-order chi connectivity index (χ1) is 21.1. The van der Waals surface area contributed by atoms with Gasteiger partial charge in [-0.05, 0) is 0 Å². The molecule has 7 rings (SSSR count). The third-order valence-electron chi connectivity index (χ3n) is 8.26. The standard InChI is InChI=1S/C38H31N4Si/c1-43(2)37(33-23-13-21-31(41-33)29-19-9-11-25-39-29)35(27-15-5-3-6-16-27)36(28-17-7-4-8-18-28)38(43)34-24-14-22-32(42-34)30-20-10-12-26-40-30/h3-26,43H,1-2H3/q-1. The van der Waals surface area contributed by atoms with Crippen molar-refractivity contribution in [3.63, 3.8) is 0 Å². The van der Waals surface area contributed by atoms with E-state index in [1.54, 1.807) is 0 Å². The van der Waals surface area contributed by atoms with Gasteiger partial charge < -0.3 is 0 Å². The third-order valence-corrected chi connectivity index (χ3v) is 12.3. The Balaban J connectivity index is 1.52. The van der Waals surface area contributed by atoms with E-state index in [-0.39, 0.29) is 0 Å². The van der Waals surface area contributed by atoms with Gasteiger partial charge in [0.05, 0.1) is 0 Å². The zero-order chi connectivity index (χ0) is 29.2. The van der Waals surface area contributed by atoms with Crippen LogP contribution in [0.25, 0.3) is 44.3 Å². The molecule has 43 heavy (non-hydrogen) atoms. The van der Waals surface area contributed by atoms with Crippen molar-refractivity contribution in [3.8, 4) is 22.8 Å². The number of aromatic nitrogens is 4. The van der Waals surface area contributed by atoms with Crippen LogP contribution in [0.5, 0.6) is 0 Å². The summed E-state index contributed by atoms with van der Waals surface area (Å²) in [5.41, 5.74) is 10.3. The van der Waals surface area contributed by atoms with Crippen LogP contribution in [0.3, 0.4) is 0 Å². The minimum absolute atomic E-state index is 0.869. The van der Waals surface area contributed by atoms with E-state index >= 15 is 0 Å². The molecule has 6 aromatic rings. The molecule has 0 saturated carbocycles. The van der Waals surface area contributed by atoms with Crippen molar-refractivity contribution in [2.24, 2.45) is 0 Å². The van der Waals surface area contributed by atoms with Crippen LogP contribution >= 0.6 is 0 Å². The summed E-state index contributed by atoms with van der Waals surface area (Å²) < 4.78 is 0. The molecule has 0 saturated heterocycles. The fraction of sp³-hybridized carbons (Fsp3) is 0.0526. The first-order valence-corrected chi connectivity index (χ1v) is 18.2. The molecule has 0 amide bonds. The van der Waals surface area contributed by atoms with Gasteiger partial charge in [-0.2, -0.15) is 0 Å². The van der Waals surface area contributed by atoms with Gasteiger partial charge in [-0.1, -0.05) is 0 Å². The van der Waals surface area contributed by atoms with Crippen molar-refractivity contribution in [2.75, 3.05) is 0 Å². The SMILES string of the molecule is C[SiH-]1(C)C(c2cccc(-c3ccccn3)n2)=C(c2ccccc2)C(c2ccccc2)=C1c1cccc(-c2ccccn2)n1. The molecule has 4 aromatic heterocycles. The summed E-state index contributed by atoms with van der Waals surface area (Å²) in [4.78, 5) is 19.8. The zero-order valence-electron chi connectivity index (χ0n) is 24.2. The molecule has 0 atom stereocenters. The molecule has 1 aliphatic heterocycles. The number of pyridine rings is 4. The molecule has 0 bridgehead atoms. The number of allylic oxidation sites excluding steroid dienone is 2. The summed E-state index contributed by atoms with van der Waals surface area (Å²) in [7, 11) is -2.82. The Labute approximate surface area is 253 Å². The summed E-state index contributed by atoms with van der Waals surface area (Å²) in [6.07, 6.45) is 3.64. The summed E-state index contributed by atoms with van der Waals surface area (Å²) >= 11 is 0. The van der Waals surface area contributed by atoms with E-state index < -0.39 is 8.07 Å². The molecule has 1 aliphatic rings. The van der Waals surface area contributed by atoms with Crippen molar-refractivity contribution in [3.05, 3.63) is 168 Å². The van der Waals surface area contributed by atoms with Crippen LogP contribution in [0, 0.1) is 0 Å². The monoisotopic (exact) mass is 571 g/mol. The quantitative estimate of drug-likeness (QED) is 0.188. The molecule has 2 aromatic carbocycles. The average Bonchev–Trinajstić information content (AvgIpc) is 3.33. The molecule has 0 fully saturated rings. The van der Waals surface area contributed by atoms with E-state index in [0.717, 1.165) is 34.2 Å². The van der Waals surface area contributed by atoms with Crippen LogP contribution in [0.1, 0.15) is 22.5 Å². The first kappa shape index (κ1) is 26.6. The van der Waals surface area contributed by atoms with Crippen molar-refractivity contribution in [2.45, 2.75) is 13.1 Å². The molecule has 0 aliphatic carbocycles. The molecular weight excluding hydrogens is 541 g/mol. The Morgan fingerprint density at radius 1 is 0.372 bits per heavy atom. The summed E-state index contributed by atoms with van der Waals surface area (Å²) in [5.74, 6) is 0. The van der Waals surface area contributed by atoms with E-state index in [0.29, 0.717) is 0 Å². The Kier molecular flexibility index (Phi) is 6.93. The molecule has 0 spiro atoms. The van der Waals surface area contributed by atoms with Crippen LogP contribution in [-0.4, -0.2) is 28.0 Å². The van der Waals surface area contributed by atoms with Gasteiger partial charge in [0.15, 0.2) is 0 Å². The van der Waals surface area contributed by atoms with Gasteiger partial charge in [-0.15, -0.1) is 0 Å². The molecule has 4 nitrogen and oxygen atoms in total. The van der Waals surface area contributed by atoms with Gasteiger partial charge in [0.1, 0.15) is 0 Å². The zero-order valence-corrected chi connectivity index (χ0v) is 25.4. The fourth-order valence-corrected chi connectivity index (χ4v) is 10.6. The maximum absolute atomic E-state index is 5.28. The number of nitrogens with zero attached hydrogens (tertiary/aromatic N) is 4. The second-order valence-electron chi connectivity index (χ2n) is 11.4. The summed E-state index contributed by atoms with van der Waals surface area (Å²) in [6.45, 7) is 4.92. The molecule has 0 radical (unpaired) electrons. The predicted molar refractivity (Wildman–Crippen MR) is 180 cm³/mol. The Bertz CT molecular complexity index is 1820. The first-order valence-electron chi connectivity index (χ1n) is 14.7. The fourth-order valence-electron chi connectivity index (χ4n) is 6.42. The van der Waals surface area contributed by atoms with E-state index in [1.165, 1.54) is 32.7 Å². The van der Waals surface area contributed by atoms with Gasteiger partial charge in [0.2, 0.25) is 0 Å². The summed E-state index contributed by atoms with van der Waals surface area (Å²) in [5, 5.41) is 2.66. The van der Waals surface area contributed by atoms with Crippen LogP contribution < -0.4 is 0 Å². The van der Waals surface area contributed by atoms with E-state index in [4.69, 9.17) is 9.97 Å². The summed E-state index contributed by atoms with van der Waals surface area (Å²) in [6, 6.07) is 46.1. The third kappa shape index (κ3) is 4.94. The average molecular weight is 572 g/mol.